The lowest BCUT2D eigenvalue weighted by Gasteiger charge is -1.93. The summed E-state index contributed by atoms with van der Waals surface area (Å²) in [6.45, 7) is 0. The van der Waals surface area contributed by atoms with Crippen LogP contribution < -0.4 is 0 Å². The van der Waals surface area contributed by atoms with Crippen molar-refractivity contribution in [3.05, 3.63) is 29.7 Å². The molecule has 0 spiro atoms. The normalized spacial score (nSPS) is 10.6. The Bertz CT molecular complexity index is 356. The lowest BCUT2D eigenvalue weighted by molar-refractivity contribution is 0.476. The molecule has 11 heavy (non-hydrogen) atoms. The van der Waals surface area contributed by atoms with Gasteiger partial charge in [0, 0.05) is 10.8 Å². The molecule has 2 nitrogen and oxygen atoms in total. The van der Waals surface area contributed by atoms with Gasteiger partial charge in [0.05, 0.1) is 17.5 Å². The van der Waals surface area contributed by atoms with Crippen LogP contribution in [0.4, 0.5) is 0 Å². The summed E-state index contributed by atoms with van der Waals surface area (Å²) in [7, 11) is 0. The van der Waals surface area contributed by atoms with Crippen LogP contribution in [0.3, 0.4) is 0 Å². The fourth-order valence-corrected chi connectivity index (χ4v) is 1.15. The Morgan fingerprint density at radius 2 is 1.82 bits per heavy atom. The highest BCUT2D eigenvalue weighted by Crippen LogP contribution is 2.29. The van der Waals surface area contributed by atoms with Gasteiger partial charge >= 0.3 is 0 Å². The zero-order valence-corrected chi connectivity index (χ0v) is 6.30. The Labute approximate surface area is 68.0 Å². The molecular formula is C8H5ClO2. The molecule has 0 aliphatic rings. The minimum Gasteiger partial charge on any atom is -0.506 e. The molecule has 1 heterocycles. The third-order valence-corrected chi connectivity index (χ3v) is 1.85. The number of benzene rings is 1. The molecule has 1 aromatic carbocycles. The van der Waals surface area contributed by atoms with Crippen LogP contribution in [0.15, 0.2) is 29.1 Å². The predicted molar refractivity (Wildman–Crippen MR) is 42.9 cm³/mol. The van der Waals surface area contributed by atoms with Crippen molar-refractivity contribution < 1.29 is 9.52 Å². The largest absolute Gasteiger partial charge is 0.506 e. The van der Waals surface area contributed by atoms with E-state index in [1.54, 1.807) is 24.7 Å². The van der Waals surface area contributed by atoms with Crippen LogP contribution in [0, 0.1) is 0 Å². The Morgan fingerprint density at radius 3 is 2.55 bits per heavy atom. The van der Waals surface area contributed by atoms with Gasteiger partial charge in [0.1, 0.15) is 5.75 Å². The predicted octanol–water partition coefficient (Wildman–Crippen LogP) is 2.79. The first-order chi connectivity index (χ1) is 5.27. The molecule has 0 fully saturated rings. The molecule has 1 aromatic heterocycles. The van der Waals surface area contributed by atoms with Crippen molar-refractivity contribution in [1.82, 2.24) is 0 Å². The van der Waals surface area contributed by atoms with E-state index in [1.807, 2.05) is 0 Å². The maximum Gasteiger partial charge on any atom is 0.134 e. The van der Waals surface area contributed by atoms with E-state index < -0.39 is 0 Å². The number of furan rings is 1. The summed E-state index contributed by atoms with van der Waals surface area (Å²) in [6, 6.07) is 3.23. The van der Waals surface area contributed by atoms with Crippen LogP contribution >= 0.6 is 11.6 Å². The third-order valence-electron chi connectivity index (χ3n) is 1.54. The highest BCUT2D eigenvalue weighted by atomic mass is 35.5. The third kappa shape index (κ3) is 0.955. The number of rotatable bonds is 0. The summed E-state index contributed by atoms with van der Waals surface area (Å²) in [4.78, 5) is 0. The molecule has 0 aliphatic carbocycles. The summed E-state index contributed by atoms with van der Waals surface area (Å²) in [5.74, 6) is 0.0839. The molecule has 0 bridgehead atoms. The van der Waals surface area contributed by atoms with E-state index in [0.717, 1.165) is 10.8 Å². The SMILES string of the molecule is Oc1cc2cocc2cc1Cl. The topological polar surface area (TPSA) is 33.4 Å². The molecule has 0 atom stereocenters. The lowest BCUT2D eigenvalue weighted by atomic mass is 10.2. The Kier molecular flexibility index (Phi) is 1.29. The molecule has 2 aromatic rings. The maximum atomic E-state index is 9.16. The molecule has 0 saturated carbocycles. The smallest absolute Gasteiger partial charge is 0.134 e. The van der Waals surface area contributed by atoms with Crippen molar-refractivity contribution in [2.24, 2.45) is 0 Å². The van der Waals surface area contributed by atoms with Crippen LogP contribution in [0.2, 0.25) is 5.02 Å². The van der Waals surface area contributed by atoms with Gasteiger partial charge in [0.25, 0.3) is 0 Å². The van der Waals surface area contributed by atoms with Gasteiger partial charge in [-0.1, -0.05) is 11.6 Å². The first-order valence-electron chi connectivity index (χ1n) is 3.12. The second kappa shape index (κ2) is 2.17. The number of fused-ring (bicyclic) bond motifs is 1. The van der Waals surface area contributed by atoms with Crippen molar-refractivity contribution in [2.45, 2.75) is 0 Å². The monoisotopic (exact) mass is 168 g/mol. The summed E-state index contributed by atoms with van der Waals surface area (Å²) >= 11 is 5.65. The molecule has 0 saturated heterocycles. The van der Waals surface area contributed by atoms with Gasteiger partial charge < -0.3 is 9.52 Å². The number of aromatic hydroxyl groups is 1. The Morgan fingerprint density at radius 1 is 1.18 bits per heavy atom. The van der Waals surface area contributed by atoms with E-state index in [1.165, 1.54) is 0 Å². The van der Waals surface area contributed by atoms with E-state index in [4.69, 9.17) is 21.1 Å². The molecule has 0 aliphatic heterocycles. The van der Waals surface area contributed by atoms with Gasteiger partial charge in [-0.05, 0) is 12.1 Å². The van der Waals surface area contributed by atoms with Crippen LogP contribution in [0.25, 0.3) is 10.8 Å². The van der Waals surface area contributed by atoms with E-state index in [2.05, 4.69) is 0 Å². The molecule has 56 valence electrons. The van der Waals surface area contributed by atoms with Gasteiger partial charge in [-0.25, -0.2) is 0 Å². The molecule has 0 radical (unpaired) electrons. The van der Waals surface area contributed by atoms with Gasteiger partial charge in [0.15, 0.2) is 0 Å². The number of hydrogen-bond donors (Lipinski definition) is 1. The highest BCUT2D eigenvalue weighted by Gasteiger charge is 2.01. The molecule has 2 rings (SSSR count). The maximum absolute atomic E-state index is 9.16. The van der Waals surface area contributed by atoms with Crippen LogP contribution in [-0.4, -0.2) is 5.11 Å². The minimum atomic E-state index is 0.0839. The number of hydrogen-bond acceptors (Lipinski definition) is 2. The average Bonchev–Trinajstić information content (AvgIpc) is 2.36. The second-order valence-corrected chi connectivity index (χ2v) is 2.71. The van der Waals surface area contributed by atoms with Crippen LogP contribution in [-0.2, 0) is 0 Å². The molecule has 0 amide bonds. The van der Waals surface area contributed by atoms with Crippen molar-refractivity contribution in [2.75, 3.05) is 0 Å². The standard InChI is InChI=1S/C8H5ClO2/c9-7-1-5-3-11-4-6(5)2-8(7)10/h1-4,10H. The van der Waals surface area contributed by atoms with Crippen LogP contribution in [0.1, 0.15) is 0 Å². The lowest BCUT2D eigenvalue weighted by Crippen LogP contribution is -1.67. The van der Waals surface area contributed by atoms with Crippen molar-refractivity contribution in [3.8, 4) is 5.75 Å². The minimum absolute atomic E-state index is 0.0839. The Balaban J connectivity index is 2.86. The zero-order valence-electron chi connectivity index (χ0n) is 5.54. The van der Waals surface area contributed by atoms with E-state index >= 15 is 0 Å². The van der Waals surface area contributed by atoms with Gasteiger partial charge in [0.2, 0.25) is 0 Å². The van der Waals surface area contributed by atoms with Crippen molar-refractivity contribution in [3.63, 3.8) is 0 Å². The van der Waals surface area contributed by atoms with Gasteiger partial charge in [-0.2, -0.15) is 0 Å². The number of phenols is 1. The first-order valence-corrected chi connectivity index (χ1v) is 3.49. The van der Waals surface area contributed by atoms with Gasteiger partial charge in [-0.3, -0.25) is 0 Å². The summed E-state index contributed by atoms with van der Waals surface area (Å²) < 4.78 is 4.91. The van der Waals surface area contributed by atoms with Crippen molar-refractivity contribution in [1.29, 1.82) is 0 Å². The fraction of sp³-hybridized carbons (Fsp3) is 0. The number of phenolic OH excluding ortho intramolecular Hbond substituents is 1. The first kappa shape index (κ1) is 6.55. The zero-order chi connectivity index (χ0) is 7.84. The van der Waals surface area contributed by atoms with E-state index in [9.17, 15) is 0 Å². The van der Waals surface area contributed by atoms with Crippen LogP contribution in [0.5, 0.6) is 5.75 Å². The van der Waals surface area contributed by atoms with E-state index in [0.29, 0.717) is 5.02 Å². The van der Waals surface area contributed by atoms with Gasteiger partial charge in [-0.15, -0.1) is 0 Å². The second-order valence-electron chi connectivity index (χ2n) is 2.30. The molecular weight excluding hydrogens is 164 g/mol. The quantitative estimate of drug-likeness (QED) is 0.656. The highest BCUT2D eigenvalue weighted by molar-refractivity contribution is 6.32. The summed E-state index contributed by atoms with van der Waals surface area (Å²) in [6.07, 6.45) is 3.14. The average molecular weight is 169 g/mol. The molecule has 1 N–H and O–H groups in total. The van der Waals surface area contributed by atoms with Crippen molar-refractivity contribution >= 4 is 22.4 Å². The summed E-state index contributed by atoms with van der Waals surface area (Å²) in [5, 5.41) is 11.3. The number of halogens is 1. The molecule has 3 heteroatoms. The van der Waals surface area contributed by atoms with E-state index in [-0.39, 0.29) is 5.75 Å². The fourth-order valence-electron chi connectivity index (χ4n) is 0.978. The molecule has 0 unspecified atom stereocenters. The summed E-state index contributed by atoms with van der Waals surface area (Å²) in [5.41, 5.74) is 0. The Hall–Kier alpha value is -1.15.